The molecule has 0 heterocycles. The van der Waals surface area contributed by atoms with Gasteiger partial charge in [-0.1, -0.05) is 29.8 Å². The van der Waals surface area contributed by atoms with Gasteiger partial charge in [0.15, 0.2) is 0 Å². The molecule has 1 aromatic carbocycles. The van der Waals surface area contributed by atoms with Gasteiger partial charge in [0, 0.05) is 0 Å². The van der Waals surface area contributed by atoms with E-state index in [2.05, 4.69) is 4.99 Å². The van der Waals surface area contributed by atoms with Gasteiger partial charge in [-0.05, 0) is 31.2 Å². The smallest absolute Gasteiger partial charge is 0.0886 e. The second-order valence-corrected chi connectivity index (χ2v) is 3.46. The highest BCUT2D eigenvalue weighted by atomic mass is 14.8. The third-order valence-corrected chi connectivity index (χ3v) is 2.19. The average Bonchev–Trinajstić information content (AvgIpc) is 2.25. The van der Waals surface area contributed by atoms with E-state index in [1.54, 1.807) is 6.08 Å². The normalized spacial score (nSPS) is 17.4. The first-order valence-electron chi connectivity index (χ1n) is 4.85. The second-order valence-electron chi connectivity index (χ2n) is 3.46. The minimum Gasteiger partial charge on any atom is -0.299 e. The van der Waals surface area contributed by atoms with Crippen LogP contribution in [0.25, 0.3) is 0 Å². The lowest BCUT2D eigenvalue weighted by molar-refractivity contribution is 1.43. The van der Waals surface area contributed by atoms with Crippen LogP contribution in [0.5, 0.6) is 0 Å². The Morgan fingerprint density at radius 3 is 2.33 bits per heavy atom. The van der Waals surface area contributed by atoms with E-state index in [4.69, 9.17) is 5.41 Å². The molecule has 0 atom stereocenters. The van der Waals surface area contributed by atoms with Gasteiger partial charge in [-0.3, -0.25) is 5.41 Å². The summed E-state index contributed by atoms with van der Waals surface area (Å²) in [6, 6.07) is 7.96. The van der Waals surface area contributed by atoms with Crippen LogP contribution in [-0.4, -0.2) is 11.4 Å². The third-order valence-electron chi connectivity index (χ3n) is 2.19. The first-order valence-corrected chi connectivity index (χ1v) is 4.85. The van der Waals surface area contributed by atoms with E-state index in [0.29, 0.717) is 11.4 Å². The summed E-state index contributed by atoms with van der Waals surface area (Å²) in [5, 5.41) is 7.67. The van der Waals surface area contributed by atoms with Gasteiger partial charge in [0.05, 0.1) is 17.1 Å². The lowest BCUT2D eigenvalue weighted by atomic mass is 10.1. The van der Waals surface area contributed by atoms with E-state index in [-0.39, 0.29) is 0 Å². The van der Waals surface area contributed by atoms with Gasteiger partial charge in [-0.2, -0.15) is 0 Å². The summed E-state index contributed by atoms with van der Waals surface area (Å²) >= 11 is 0. The minimum absolute atomic E-state index is 0.457. The molecule has 0 aliphatic heterocycles. The van der Waals surface area contributed by atoms with E-state index >= 15 is 0 Å². The van der Waals surface area contributed by atoms with Crippen molar-refractivity contribution < 1.29 is 0 Å². The molecule has 0 radical (unpaired) electrons. The van der Waals surface area contributed by atoms with Gasteiger partial charge in [0.1, 0.15) is 0 Å². The largest absolute Gasteiger partial charge is 0.299 e. The van der Waals surface area contributed by atoms with E-state index in [1.807, 2.05) is 49.4 Å². The number of aliphatic imine (C=N–C) groups is 1. The summed E-state index contributed by atoms with van der Waals surface area (Å²) in [5.74, 6) is 0. The molecule has 2 rings (SSSR count). The molecule has 74 valence electrons. The van der Waals surface area contributed by atoms with Crippen molar-refractivity contribution in [2.45, 2.75) is 6.92 Å². The Morgan fingerprint density at radius 1 is 1.00 bits per heavy atom. The topological polar surface area (TPSA) is 36.2 Å². The molecule has 0 unspecified atom stereocenters. The maximum Gasteiger partial charge on any atom is 0.0886 e. The molecule has 1 aliphatic rings. The van der Waals surface area contributed by atoms with Crippen molar-refractivity contribution in [3.63, 3.8) is 0 Å². The highest BCUT2D eigenvalue weighted by Crippen LogP contribution is 2.14. The zero-order chi connectivity index (χ0) is 10.7. The Bertz CT molecular complexity index is 462. The quantitative estimate of drug-likeness (QED) is 0.669. The van der Waals surface area contributed by atoms with Crippen LogP contribution in [-0.2, 0) is 0 Å². The molecule has 0 saturated heterocycles. The average molecular weight is 196 g/mol. The zero-order valence-electron chi connectivity index (χ0n) is 8.57. The minimum atomic E-state index is 0.457. The van der Waals surface area contributed by atoms with Crippen LogP contribution in [0.4, 0.5) is 5.69 Å². The lowest BCUT2D eigenvalue weighted by Crippen LogP contribution is -2.08. The van der Waals surface area contributed by atoms with Gasteiger partial charge in [-0.15, -0.1) is 0 Å². The molecule has 15 heavy (non-hydrogen) atoms. The molecule has 0 fully saturated rings. The number of nitrogens with zero attached hydrogens (tertiary/aromatic N) is 1. The van der Waals surface area contributed by atoms with Crippen LogP contribution in [0, 0.1) is 12.3 Å². The molecule has 1 N–H and O–H groups in total. The summed E-state index contributed by atoms with van der Waals surface area (Å²) in [6.45, 7) is 2.04. The predicted octanol–water partition coefficient (Wildman–Crippen LogP) is 3.21. The first-order chi connectivity index (χ1) is 7.25. The van der Waals surface area contributed by atoms with Gasteiger partial charge in [0.25, 0.3) is 0 Å². The Morgan fingerprint density at radius 2 is 1.67 bits per heavy atom. The summed E-state index contributed by atoms with van der Waals surface area (Å²) in [4.78, 5) is 4.39. The van der Waals surface area contributed by atoms with Crippen LogP contribution in [0.2, 0.25) is 0 Å². The molecular weight excluding hydrogens is 184 g/mol. The van der Waals surface area contributed by atoms with Crippen molar-refractivity contribution in [3.05, 3.63) is 54.1 Å². The monoisotopic (exact) mass is 196 g/mol. The fraction of sp³-hybridized carbons (Fsp3) is 0.0769. The van der Waals surface area contributed by atoms with E-state index in [9.17, 15) is 0 Å². The maximum absolute atomic E-state index is 7.67. The van der Waals surface area contributed by atoms with Crippen molar-refractivity contribution in [1.29, 1.82) is 5.41 Å². The zero-order valence-corrected chi connectivity index (χ0v) is 8.57. The summed E-state index contributed by atoms with van der Waals surface area (Å²) in [7, 11) is 0. The Labute approximate surface area is 89.2 Å². The maximum atomic E-state index is 7.67. The fourth-order valence-corrected chi connectivity index (χ4v) is 1.33. The predicted molar refractivity (Wildman–Crippen MR) is 64.3 cm³/mol. The van der Waals surface area contributed by atoms with Crippen LogP contribution < -0.4 is 0 Å². The summed E-state index contributed by atoms with van der Waals surface area (Å²) < 4.78 is 0. The van der Waals surface area contributed by atoms with E-state index < -0.39 is 0 Å². The number of hydrogen-bond acceptors (Lipinski definition) is 2. The second kappa shape index (κ2) is 4.05. The highest BCUT2D eigenvalue weighted by Gasteiger charge is 2.02. The molecule has 1 aliphatic carbocycles. The van der Waals surface area contributed by atoms with Crippen molar-refractivity contribution in [3.8, 4) is 0 Å². The molecule has 0 spiro atoms. The molecular formula is C13H12N2. The van der Waals surface area contributed by atoms with Crippen LogP contribution in [0.3, 0.4) is 0 Å². The first kappa shape index (κ1) is 9.59. The Kier molecular flexibility index (Phi) is 2.59. The molecule has 1 aromatic rings. The number of benzene rings is 1. The van der Waals surface area contributed by atoms with Gasteiger partial charge < -0.3 is 0 Å². The number of rotatable bonds is 1. The molecule has 0 amide bonds. The van der Waals surface area contributed by atoms with E-state index in [0.717, 1.165) is 5.69 Å². The summed E-state index contributed by atoms with van der Waals surface area (Å²) in [6.07, 6.45) is 7.33. The Balaban J connectivity index is 2.30. The van der Waals surface area contributed by atoms with Crippen molar-refractivity contribution in [2.24, 2.45) is 4.99 Å². The standard InChI is InChI=1S/C13H12N2/c1-10-6-8-11(9-7-10)15-13-5-3-2-4-12(13)14/h2-9,14H,1H3. The van der Waals surface area contributed by atoms with Crippen molar-refractivity contribution in [1.82, 2.24) is 0 Å². The van der Waals surface area contributed by atoms with Gasteiger partial charge in [-0.25, -0.2) is 4.99 Å². The van der Waals surface area contributed by atoms with Gasteiger partial charge in [0.2, 0.25) is 0 Å². The third kappa shape index (κ3) is 2.29. The lowest BCUT2D eigenvalue weighted by Gasteiger charge is -2.03. The SMILES string of the molecule is Cc1ccc(N=C2C=CC=CC2=N)cc1. The molecule has 2 nitrogen and oxygen atoms in total. The molecule has 2 heteroatoms. The van der Waals surface area contributed by atoms with Crippen molar-refractivity contribution in [2.75, 3.05) is 0 Å². The molecule has 0 bridgehead atoms. The van der Waals surface area contributed by atoms with Crippen LogP contribution >= 0.6 is 0 Å². The Hall–Kier alpha value is -1.96. The van der Waals surface area contributed by atoms with Crippen molar-refractivity contribution >= 4 is 17.1 Å². The molecule has 0 aromatic heterocycles. The van der Waals surface area contributed by atoms with Gasteiger partial charge >= 0.3 is 0 Å². The highest BCUT2D eigenvalue weighted by molar-refractivity contribution is 6.50. The fourth-order valence-electron chi connectivity index (χ4n) is 1.33. The molecule has 0 saturated carbocycles. The number of hydrogen-bond donors (Lipinski definition) is 1. The summed E-state index contributed by atoms with van der Waals surface area (Å²) in [5.41, 5.74) is 3.27. The number of allylic oxidation sites excluding steroid dienone is 4. The van der Waals surface area contributed by atoms with Crippen LogP contribution in [0.15, 0.2) is 53.6 Å². The number of aryl methyl sites for hydroxylation is 1. The van der Waals surface area contributed by atoms with E-state index in [1.165, 1.54) is 5.56 Å². The van der Waals surface area contributed by atoms with Crippen LogP contribution in [0.1, 0.15) is 5.56 Å². The number of nitrogens with one attached hydrogen (secondary N) is 1.